The zero-order valence-electron chi connectivity index (χ0n) is 16.4. The lowest BCUT2D eigenvalue weighted by atomic mass is 9.91. The van der Waals surface area contributed by atoms with Crippen molar-refractivity contribution in [2.75, 3.05) is 34.5 Å². The number of carbonyl (C=O) groups is 2. The molecule has 148 valence electrons. The van der Waals surface area contributed by atoms with Gasteiger partial charge in [0.1, 0.15) is 0 Å². The van der Waals surface area contributed by atoms with E-state index in [2.05, 4.69) is 0 Å². The number of ether oxygens (including phenoxy) is 3. The molecule has 0 saturated heterocycles. The SMILES string of the molecule is COCCN1C(=O)C(O)=C(C(=O)CC(C)C)C1c1cccc(OC)c1OC. The number of ketones is 1. The predicted octanol–water partition coefficient (Wildman–Crippen LogP) is 2.66. The average Bonchev–Trinajstić information content (AvgIpc) is 2.89. The van der Waals surface area contributed by atoms with Crippen LogP contribution in [0.1, 0.15) is 31.9 Å². The Hall–Kier alpha value is -2.54. The van der Waals surface area contributed by atoms with Gasteiger partial charge < -0.3 is 24.2 Å². The van der Waals surface area contributed by atoms with E-state index in [0.29, 0.717) is 17.1 Å². The molecule has 1 aromatic rings. The molecule has 1 atom stereocenters. The second kappa shape index (κ2) is 8.90. The lowest BCUT2D eigenvalue weighted by Crippen LogP contribution is -2.34. The molecule has 1 aliphatic heterocycles. The molecule has 1 unspecified atom stereocenters. The fourth-order valence-electron chi connectivity index (χ4n) is 3.29. The third-order valence-corrected chi connectivity index (χ3v) is 4.46. The minimum absolute atomic E-state index is 0.0915. The van der Waals surface area contributed by atoms with E-state index in [1.54, 1.807) is 18.2 Å². The quantitative estimate of drug-likeness (QED) is 0.712. The Bertz CT molecular complexity index is 740. The first-order valence-electron chi connectivity index (χ1n) is 8.84. The van der Waals surface area contributed by atoms with Crippen LogP contribution in [0.4, 0.5) is 0 Å². The topological polar surface area (TPSA) is 85.3 Å². The van der Waals surface area contributed by atoms with E-state index >= 15 is 0 Å². The van der Waals surface area contributed by atoms with Gasteiger partial charge in [0.15, 0.2) is 23.0 Å². The molecular formula is C20H27NO6. The number of para-hydroxylation sites is 1. The van der Waals surface area contributed by atoms with E-state index in [0.717, 1.165) is 0 Å². The zero-order valence-corrected chi connectivity index (χ0v) is 16.4. The highest BCUT2D eigenvalue weighted by atomic mass is 16.5. The number of Topliss-reactive ketones (excluding diaryl/α,β-unsaturated/α-hetero) is 1. The van der Waals surface area contributed by atoms with Crippen LogP contribution in [0.5, 0.6) is 11.5 Å². The third kappa shape index (κ3) is 4.08. The van der Waals surface area contributed by atoms with E-state index in [-0.39, 0.29) is 36.8 Å². The lowest BCUT2D eigenvalue weighted by Gasteiger charge is -2.28. The molecule has 1 aromatic carbocycles. The van der Waals surface area contributed by atoms with E-state index in [1.165, 1.54) is 26.2 Å². The van der Waals surface area contributed by atoms with Crippen molar-refractivity contribution in [1.82, 2.24) is 4.90 Å². The molecule has 27 heavy (non-hydrogen) atoms. The lowest BCUT2D eigenvalue weighted by molar-refractivity contribution is -0.130. The summed E-state index contributed by atoms with van der Waals surface area (Å²) >= 11 is 0. The highest BCUT2D eigenvalue weighted by molar-refractivity contribution is 6.09. The normalized spacial score (nSPS) is 17.0. The largest absolute Gasteiger partial charge is 0.503 e. The summed E-state index contributed by atoms with van der Waals surface area (Å²) in [4.78, 5) is 27.0. The summed E-state index contributed by atoms with van der Waals surface area (Å²) in [6.07, 6.45) is 0.230. The standard InChI is InChI=1S/C20H27NO6/c1-12(2)11-14(22)16-17(21(9-10-25-3)20(24)18(16)23)13-7-6-8-15(26-4)19(13)27-5/h6-8,12,17,23H,9-11H2,1-5H3. The molecule has 1 heterocycles. The Kier molecular flexibility index (Phi) is 6.85. The summed E-state index contributed by atoms with van der Waals surface area (Å²) in [6, 6.07) is 4.50. The highest BCUT2D eigenvalue weighted by Gasteiger charge is 2.44. The van der Waals surface area contributed by atoms with Gasteiger partial charge in [0.2, 0.25) is 0 Å². The number of aliphatic hydroxyl groups excluding tert-OH is 1. The van der Waals surface area contributed by atoms with Crippen molar-refractivity contribution in [2.45, 2.75) is 26.3 Å². The first kappa shape index (κ1) is 20.8. The smallest absolute Gasteiger partial charge is 0.290 e. The van der Waals surface area contributed by atoms with E-state index in [4.69, 9.17) is 14.2 Å². The van der Waals surface area contributed by atoms with Gasteiger partial charge in [-0.2, -0.15) is 0 Å². The van der Waals surface area contributed by atoms with Gasteiger partial charge in [0, 0.05) is 25.6 Å². The molecule has 0 aromatic heterocycles. The van der Waals surface area contributed by atoms with Crippen LogP contribution in [0.3, 0.4) is 0 Å². The predicted molar refractivity (Wildman–Crippen MR) is 100.0 cm³/mol. The molecule has 0 aliphatic carbocycles. The number of rotatable bonds is 9. The molecule has 7 nitrogen and oxygen atoms in total. The zero-order chi connectivity index (χ0) is 20.1. The Morgan fingerprint density at radius 3 is 2.48 bits per heavy atom. The summed E-state index contributed by atoms with van der Waals surface area (Å²) in [7, 11) is 4.54. The van der Waals surface area contributed by atoms with Crippen LogP contribution in [0.15, 0.2) is 29.5 Å². The number of methoxy groups -OCH3 is 3. The molecule has 0 fully saturated rings. The molecule has 0 spiro atoms. The summed E-state index contributed by atoms with van der Waals surface area (Å²) < 4.78 is 16.0. The van der Waals surface area contributed by atoms with Gasteiger partial charge in [0.05, 0.1) is 32.4 Å². The van der Waals surface area contributed by atoms with Gasteiger partial charge in [-0.3, -0.25) is 9.59 Å². The summed E-state index contributed by atoms with van der Waals surface area (Å²) in [6.45, 7) is 4.32. The van der Waals surface area contributed by atoms with Gasteiger partial charge >= 0.3 is 0 Å². The Morgan fingerprint density at radius 2 is 1.93 bits per heavy atom. The number of benzene rings is 1. The van der Waals surface area contributed by atoms with Crippen molar-refractivity contribution >= 4 is 11.7 Å². The van der Waals surface area contributed by atoms with Gasteiger partial charge in [-0.15, -0.1) is 0 Å². The molecule has 0 saturated carbocycles. The molecule has 7 heteroatoms. The number of aliphatic hydroxyl groups is 1. The Labute approximate surface area is 159 Å². The summed E-state index contributed by atoms with van der Waals surface area (Å²) in [5, 5.41) is 10.5. The first-order valence-corrected chi connectivity index (χ1v) is 8.84. The minimum Gasteiger partial charge on any atom is -0.503 e. The summed E-state index contributed by atoms with van der Waals surface area (Å²) in [5.41, 5.74) is 0.675. The molecule has 2 rings (SSSR count). The monoisotopic (exact) mass is 377 g/mol. The van der Waals surface area contributed by atoms with Crippen LogP contribution in [-0.4, -0.2) is 56.2 Å². The van der Waals surface area contributed by atoms with Crippen LogP contribution in [0.2, 0.25) is 0 Å². The molecule has 0 radical (unpaired) electrons. The molecule has 1 aliphatic rings. The van der Waals surface area contributed by atoms with Crippen LogP contribution >= 0.6 is 0 Å². The number of nitrogens with zero attached hydrogens (tertiary/aromatic N) is 1. The fourth-order valence-corrected chi connectivity index (χ4v) is 3.29. The van der Waals surface area contributed by atoms with Gasteiger partial charge in [-0.1, -0.05) is 26.0 Å². The van der Waals surface area contributed by atoms with E-state index in [9.17, 15) is 14.7 Å². The second-order valence-electron chi connectivity index (χ2n) is 6.76. The molecule has 1 amide bonds. The minimum atomic E-state index is -0.760. The summed E-state index contributed by atoms with van der Waals surface area (Å²) in [5.74, 6) is -0.360. The van der Waals surface area contributed by atoms with Gasteiger partial charge in [-0.05, 0) is 12.0 Å². The van der Waals surface area contributed by atoms with Crippen molar-refractivity contribution in [1.29, 1.82) is 0 Å². The number of carbonyl (C=O) groups excluding carboxylic acids is 2. The maximum Gasteiger partial charge on any atom is 0.290 e. The van der Waals surface area contributed by atoms with Crippen LogP contribution in [-0.2, 0) is 14.3 Å². The van der Waals surface area contributed by atoms with Crippen LogP contribution in [0, 0.1) is 5.92 Å². The fraction of sp³-hybridized carbons (Fsp3) is 0.500. The van der Waals surface area contributed by atoms with Gasteiger partial charge in [0.25, 0.3) is 5.91 Å². The van der Waals surface area contributed by atoms with Crippen molar-refractivity contribution in [2.24, 2.45) is 5.92 Å². The number of hydrogen-bond donors (Lipinski definition) is 1. The molecular weight excluding hydrogens is 350 g/mol. The third-order valence-electron chi connectivity index (χ3n) is 4.46. The number of amides is 1. The van der Waals surface area contributed by atoms with Crippen molar-refractivity contribution in [3.05, 3.63) is 35.1 Å². The first-order chi connectivity index (χ1) is 12.9. The van der Waals surface area contributed by atoms with Gasteiger partial charge in [-0.25, -0.2) is 0 Å². The second-order valence-corrected chi connectivity index (χ2v) is 6.76. The Balaban J connectivity index is 2.61. The maximum atomic E-state index is 12.9. The molecule has 1 N–H and O–H groups in total. The van der Waals surface area contributed by atoms with E-state index < -0.39 is 17.7 Å². The average molecular weight is 377 g/mol. The number of hydrogen-bond acceptors (Lipinski definition) is 6. The van der Waals surface area contributed by atoms with Crippen molar-refractivity contribution in [3.8, 4) is 11.5 Å². The Morgan fingerprint density at radius 1 is 1.22 bits per heavy atom. The highest BCUT2D eigenvalue weighted by Crippen LogP contribution is 2.44. The maximum absolute atomic E-state index is 12.9. The van der Waals surface area contributed by atoms with Crippen LogP contribution in [0.25, 0.3) is 0 Å². The van der Waals surface area contributed by atoms with Crippen molar-refractivity contribution in [3.63, 3.8) is 0 Å². The van der Waals surface area contributed by atoms with Crippen molar-refractivity contribution < 1.29 is 28.9 Å². The van der Waals surface area contributed by atoms with E-state index in [1.807, 2.05) is 13.8 Å². The molecule has 0 bridgehead atoms. The van der Waals surface area contributed by atoms with Crippen LogP contribution < -0.4 is 9.47 Å².